The average Bonchev–Trinajstić information content (AvgIpc) is 3.37. The minimum absolute atomic E-state index is 0.0305. The van der Waals surface area contributed by atoms with E-state index in [-0.39, 0.29) is 17.6 Å². The summed E-state index contributed by atoms with van der Waals surface area (Å²) in [6, 6.07) is 19.7. The third kappa shape index (κ3) is 4.31. The summed E-state index contributed by atoms with van der Waals surface area (Å²) in [7, 11) is 0. The summed E-state index contributed by atoms with van der Waals surface area (Å²) >= 11 is 6.11. The number of imidazole rings is 1. The molecule has 1 fully saturated rings. The fraction of sp³-hybridized carbons (Fsp3) is 0.231. The summed E-state index contributed by atoms with van der Waals surface area (Å²) in [5.74, 6) is 1.13. The van der Waals surface area contributed by atoms with Crippen LogP contribution in [0.4, 0.5) is 10.1 Å². The number of aryl methyl sites for hydroxylation is 1. The van der Waals surface area contributed by atoms with Crippen LogP contribution in [0.3, 0.4) is 0 Å². The molecule has 5 nitrogen and oxygen atoms in total. The van der Waals surface area contributed by atoms with E-state index in [1.807, 2.05) is 49.4 Å². The zero-order valence-corrected chi connectivity index (χ0v) is 18.9. The van der Waals surface area contributed by atoms with Gasteiger partial charge in [-0.1, -0.05) is 29.8 Å². The van der Waals surface area contributed by atoms with Crippen LogP contribution in [-0.2, 0) is 11.3 Å². The van der Waals surface area contributed by atoms with Crippen LogP contribution in [0.25, 0.3) is 11.0 Å². The van der Waals surface area contributed by atoms with Gasteiger partial charge in [-0.15, -0.1) is 0 Å². The second-order valence-corrected chi connectivity index (χ2v) is 8.66. The number of anilines is 1. The molecule has 1 amide bonds. The van der Waals surface area contributed by atoms with Gasteiger partial charge in [-0.3, -0.25) is 4.79 Å². The number of benzene rings is 3. The Balaban J connectivity index is 1.40. The van der Waals surface area contributed by atoms with Crippen LogP contribution in [0.5, 0.6) is 5.75 Å². The first kappa shape index (κ1) is 21.5. The number of carbonyl (C=O) groups excluding carboxylic acids is 1. The molecule has 1 aliphatic heterocycles. The zero-order valence-electron chi connectivity index (χ0n) is 18.2. The van der Waals surface area contributed by atoms with Gasteiger partial charge in [-0.05, 0) is 61.0 Å². The normalized spacial score (nSPS) is 16.0. The molecular formula is C26H23ClFN3O2. The van der Waals surface area contributed by atoms with Gasteiger partial charge in [0.1, 0.15) is 24.0 Å². The molecule has 1 aliphatic rings. The van der Waals surface area contributed by atoms with E-state index in [9.17, 15) is 9.18 Å². The minimum Gasteiger partial charge on any atom is -0.492 e. The summed E-state index contributed by atoms with van der Waals surface area (Å²) in [6.45, 7) is 3.44. The maximum atomic E-state index is 13.7. The van der Waals surface area contributed by atoms with Gasteiger partial charge < -0.3 is 14.2 Å². The first-order valence-electron chi connectivity index (χ1n) is 10.9. The highest BCUT2D eigenvalue weighted by atomic mass is 35.5. The number of rotatable bonds is 6. The van der Waals surface area contributed by atoms with Crippen molar-refractivity contribution in [2.75, 3.05) is 18.1 Å². The molecule has 3 aromatic carbocycles. The number of halogens is 2. The van der Waals surface area contributed by atoms with Crippen LogP contribution in [0.1, 0.15) is 23.7 Å². The summed E-state index contributed by atoms with van der Waals surface area (Å²) < 4.78 is 21.8. The van der Waals surface area contributed by atoms with E-state index in [1.54, 1.807) is 17.0 Å². The maximum absolute atomic E-state index is 13.7. The summed E-state index contributed by atoms with van der Waals surface area (Å²) in [6.07, 6.45) is 0.330. The van der Waals surface area contributed by atoms with Crippen molar-refractivity contribution in [2.24, 2.45) is 0 Å². The van der Waals surface area contributed by atoms with Crippen LogP contribution in [0.2, 0.25) is 5.02 Å². The predicted octanol–water partition coefficient (Wildman–Crippen LogP) is 5.74. The quantitative estimate of drug-likeness (QED) is 0.366. The first-order valence-corrected chi connectivity index (χ1v) is 11.3. The van der Waals surface area contributed by atoms with Crippen molar-refractivity contribution in [3.05, 3.63) is 89.0 Å². The standard InChI is InChI=1S/C26H23ClFN3O2/c1-17-13-21(9-10-22(17)27)33-12-11-30-24-8-3-2-7-23(24)29-26(30)18-14-25(32)31(16-18)20-6-4-5-19(28)15-20/h2-10,13,15,18H,11-12,14,16H2,1H3. The van der Waals surface area contributed by atoms with Crippen LogP contribution in [0, 0.1) is 12.7 Å². The SMILES string of the molecule is Cc1cc(OCCn2c(C3CC(=O)N(c4cccc(F)c4)C3)nc3ccccc32)ccc1Cl. The highest BCUT2D eigenvalue weighted by Gasteiger charge is 2.35. The molecule has 0 radical (unpaired) electrons. The molecule has 0 spiro atoms. The van der Waals surface area contributed by atoms with Gasteiger partial charge in [0, 0.05) is 29.6 Å². The lowest BCUT2D eigenvalue weighted by Crippen LogP contribution is -2.24. The molecule has 1 saturated heterocycles. The van der Waals surface area contributed by atoms with Crippen molar-refractivity contribution in [2.45, 2.75) is 25.8 Å². The Kier molecular flexibility index (Phi) is 5.77. The van der Waals surface area contributed by atoms with Crippen molar-refractivity contribution in [1.82, 2.24) is 9.55 Å². The van der Waals surface area contributed by atoms with Crippen molar-refractivity contribution in [3.63, 3.8) is 0 Å². The van der Waals surface area contributed by atoms with Gasteiger partial charge in [0.25, 0.3) is 0 Å². The highest BCUT2D eigenvalue weighted by Crippen LogP contribution is 2.33. The van der Waals surface area contributed by atoms with Gasteiger partial charge in [-0.2, -0.15) is 0 Å². The molecule has 4 aromatic rings. The van der Waals surface area contributed by atoms with Gasteiger partial charge in [-0.25, -0.2) is 9.37 Å². The smallest absolute Gasteiger partial charge is 0.227 e. The van der Waals surface area contributed by atoms with Crippen molar-refractivity contribution in [1.29, 1.82) is 0 Å². The lowest BCUT2D eigenvalue weighted by atomic mass is 10.1. The van der Waals surface area contributed by atoms with Crippen LogP contribution < -0.4 is 9.64 Å². The molecule has 0 bridgehead atoms. The van der Waals surface area contributed by atoms with Gasteiger partial charge in [0.2, 0.25) is 5.91 Å². The Morgan fingerprint density at radius 1 is 1.12 bits per heavy atom. The largest absolute Gasteiger partial charge is 0.492 e. The maximum Gasteiger partial charge on any atom is 0.227 e. The molecule has 0 aliphatic carbocycles. The van der Waals surface area contributed by atoms with E-state index in [1.165, 1.54) is 12.1 Å². The predicted molar refractivity (Wildman–Crippen MR) is 128 cm³/mol. The van der Waals surface area contributed by atoms with Crippen molar-refractivity contribution < 1.29 is 13.9 Å². The summed E-state index contributed by atoms with van der Waals surface area (Å²) in [5.41, 5.74) is 3.42. The Morgan fingerprint density at radius 3 is 2.79 bits per heavy atom. The molecule has 168 valence electrons. The van der Waals surface area contributed by atoms with Gasteiger partial charge >= 0.3 is 0 Å². The molecule has 0 N–H and O–H groups in total. The van der Waals surface area contributed by atoms with Gasteiger partial charge in [0.15, 0.2) is 0 Å². The second-order valence-electron chi connectivity index (χ2n) is 8.26. The summed E-state index contributed by atoms with van der Waals surface area (Å²) in [5, 5.41) is 0.707. The van der Waals surface area contributed by atoms with Crippen molar-refractivity contribution >= 4 is 34.2 Å². The van der Waals surface area contributed by atoms with E-state index in [0.717, 1.165) is 28.2 Å². The van der Waals surface area contributed by atoms with E-state index in [2.05, 4.69) is 4.57 Å². The topological polar surface area (TPSA) is 47.4 Å². The number of ether oxygens (including phenoxy) is 1. The first-order chi connectivity index (χ1) is 16.0. The van der Waals surface area contributed by atoms with E-state index >= 15 is 0 Å². The molecule has 1 unspecified atom stereocenters. The van der Waals surface area contributed by atoms with Gasteiger partial charge in [0.05, 0.1) is 17.6 Å². The molecule has 5 rings (SSSR count). The molecule has 7 heteroatoms. The zero-order chi connectivity index (χ0) is 22.9. The fourth-order valence-corrected chi connectivity index (χ4v) is 4.49. The fourth-order valence-electron chi connectivity index (χ4n) is 4.38. The lowest BCUT2D eigenvalue weighted by molar-refractivity contribution is -0.117. The lowest BCUT2D eigenvalue weighted by Gasteiger charge is -2.17. The number of para-hydroxylation sites is 2. The molecule has 33 heavy (non-hydrogen) atoms. The number of hydrogen-bond donors (Lipinski definition) is 0. The Morgan fingerprint density at radius 2 is 1.97 bits per heavy atom. The van der Waals surface area contributed by atoms with Crippen LogP contribution >= 0.6 is 11.6 Å². The highest BCUT2D eigenvalue weighted by molar-refractivity contribution is 6.31. The molecule has 0 saturated carbocycles. The molecular weight excluding hydrogens is 441 g/mol. The third-order valence-corrected chi connectivity index (χ3v) is 6.43. The number of nitrogens with zero attached hydrogens (tertiary/aromatic N) is 3. The number of carbonyl (C=O) groups is 1. The summed E-state index contributed by atoms with van der Waals surface area (Å²) in [4.78, 5) is 19.3. The number of amides is 1. The van der Waals surface area contributed by atoms with E-state index in [0.29, 0.717) is 36.8 Å². The minimum atomic E-state index is -0.356. The van der Waals surface area contributed by atoms with E-state index < -0.39 is 0 Å². The number of fused-ring (bicyclic) bond motifs is 1. The Hall–Kier alpha value is -3.38. The monoisotopic (exact) mass is 463 g/mol. The Labute approximate surface area is 196 Å². The Bertz CT molecular complexity index is 1340. The van der Waals surface area contributed by atoms with Crippen LogP contribution in [-0.4, -0.2) is 28.6 Å². The van der Waals surface area contributed by atoms with Crippen molar-refractivity contribution in [3.8, 4) is 5.75 Å². The molecule has 1 atom stereocenters. The average molecular weight is 464 g/mol. The van der Waals surface area contributed by atoms with Crippen LogP contribution in [0.15, 0.2) is 66.7 Å². The third-order valence-electron chi connectivity index (χ3n) is 6.01. The molecule has 1 aromatic heterocycles. The molecule has 2 heterocycles. The van der Waals surface area contributed by atoms with E-state index in [4.69, 9.17) is 21.3 Å². The second kappa shape index (κ2) is 8.87. The number of aromatic nitrogens is 2. The number of hydrogen-bond acceptors (Lipinski definition) is 3.